The van der Waals surface area contributed by atoms with Gasteiger partial charge in [0.1, 0.15) is 0 Å². The molecule has 0 bridgehead atoms. The molecule has 0 aliphatic carbocycles. The van der Waals surface area contributed by atoms with Crippen molar-refractivity contribution in [2.24, 2.45) is 0 Å². The minimum absolute atomic E-state index is 0.591. The molecule has 0 aliphatic heterocycles. The topological polar surface area (TPSA) is 12.9 Å². The maximum absolute atomic E-state index is 4.74. The van der Waals surface area contributed by atoms with Crippen molar-refractivity contribution in [3.05, 3.63) is 146 Å². The molecule has 0 spiro atoms. The van der Waals surface area contributed by atoms with Crippen LogP contribution in [0.4, 0.5) is 0 Å². The summed E-state index contributed by atoms with van der Waals surface area (Å²) in [5.74, 6) is 0. The first-order valence-corrected chi connectivity index (χ1v) is 15.5. The Bertz CT molecular complexity index is 1570. The summed E-state index contributed by atoms with van der Waals surface area (Å²) in [5.41, 5.74) is 3.82. The van der Waals surface area contributed by atoms with E-state index in [1.807, 2.05) is 12.3 Å². The van der Waals surface area contributed by atoms with Crippen molar-refractivity contribution in [1.29, 1.82) is 0 Å². The van der Waals surface area contributed by atoms with E-state index < -0.39 is 23.4 Å². The fourth-order valence-electron chi connectivity index (χ4n) is 4.65. The first kappa shape index (κ1) is 22.9. The predicted octanol–water partition coefficient (Wildman–Crippen LogP) is 5.32. The van der Waals surface area contributed by atoms with Crippen LogP contribution in [0.25, 0.3) is 22.0 Å². The van der Waals surface area contributed by atoms with Crippen LogP contribution >= 0.6 is 7.92 Å². The molecule has 0 saturated heterocycles. The van der Waals surface area contributed by atoms with Gasteiger partial charge in [-0.1, -0.05) is 0 Å². The average Bonchev–Trinajstić information content (AvgIpc) is 2.95. The maximum atomic E-state index is 4.74. The summed E-state index contributed by atoms with van der Waals surface area (Å²) in [4.78, 5) is 4.74. The minimum atomic E-state index is -0.689. The second-order valence-electron chi connectivity index (χ2n) is 8.57. The molecule has 1 nitrogen and oxygen atoms in total. The van der Waals surface area contributed by atoms with Crippen LogP contribution < -0.4 is 24.7 Å². The van der Waals surface area contributed by atoms with Gasteiger partial charge in [-0.05, 0) is 0 Å². The van der Waals surface area contributed by atoms with Gasteiger partial charge in [0.15, 0.2) is 0 Å². The van der Waals surface area contributed by atoms with E-state index in [2.05, 4.69) is 133 Å². The Morgan fingerprint density at radius 2 is 1.06 bits per heavy atom. The van der Waals surface area contributed by atoms with Gasteiger partial charge in [0.25, 0.3) is 0 Å². The van der Waals surface area contributed by atoms with Gasteiger partial charge < -0.3 is 0 Å². The fraction of sp³-hybridized carbons (Fsp3) is 0. The third kappa shape index (κ3) is 4.65. The number of hydrogen-bond acceptors (Lipinski definition) is 1. The first-order chi connectivity index (χ1) is 17.9. The Labute approximate surface area is 220 Å². The third-order valence-electron chi connectivity index (χ3n) is 6.29. The van der Waals surface area contributed by atoms with Crippen LogP contribution in [0.15, 0.2) is 146 Å². The molecule has 0 amide bonds. The van der Waals surface area contributed by atoms with Crippen LogP contribution in [0.1, 0.15) is 0 Å². The van der Waals surface area contributed by atoms with Crippen LogP contribution in [-0.2, 0) is 0 Å². The van der Waals surface area contributed by atoms with E-state index >= 15 is 0 Å². The summed E-state index contributed by atoms with van der Waals surface area (Å²) in [7, 11) is -0.689. The van der Waals surface area contributed by atoms with Crippen LogP contribution in [0.2, 0.25) is 0 Å². The summed E-state index contributed by atoms with van der Waals surface area (Å²) in [6.45, 7) is 0. The molecule has 0 atom stereocenters. The first-order valence-electron chi connectivity index (χ1n) is 12.1. The second-order valence-corrected chi connectivity index (χ2v) is 13.5. The van der Waals surface area contributed by atoms with Crippen molar-refractivity contribution in [3.8, 4) is 11.1 Å². The molecule has 6 rings (SSSR count). The SMILES string of the molecule is c1ccc(P(c2ccccc2)c2ccccc2-c2cccc[c]2[Ge][c]2cccc3cccnc23)cc1. The van der Waals surface area contributed by atoms with Crippen molar-refractivity contribution >= 4 is 59.0 Å². The third-order valence-corrected chi connectivity index (χ3v) is 11.7. The van der Waals surface area contributed by atoms with Crippen LogP contribution in [0, 0.1) is 0 Å². The van der Waals surface area contributed by atoms with E-state index in [1.165, 1.54) is 41.2 Å². The Hall–Kier alpha value is -3.52. The molecular formula is C33H24GeNP. The number of pyridine rings is 1. The standard InChI is InChI=1S/C33H24GeNP/c1-3-15-26(16-4-1)36(27-17-5-2-6-18-27)32-23-10-8-20-29(32)28-19-7-9-21-30(28)34-31-22-11-13-25-14-12-24-35-33(25)31/h1-24H. The summed E-state index contributed by atoms with van der Waals surface area (Å²) in [6, 6.07) is 50.7. The van der Waals surface area contributed by atoms with Crippen molar-refractivity contribution in [3.63, 3.8) is 0 Å². The van der Waals surface area contributed by atoms with Crippen LogP contribution in [0.3, 0.4) is 0 Å². The van der Waals surface area contributed by atoms with Gasteiger partial charge in [-0.3, -0.25) is 0 Å². The number of para-hydroxylation sites is 1. The van der Waals surface area contributed by atoms with E-state index in [4.69, 9.17) is 4.98 Å². The molecule has 1 aromatic heterocycles. The molecule has 0 saturated carbocycles. The normalized spacial score (nSPS) is 11.1. The zero-order valence-electron chi connectivity index (χ0n) is 19.8. The van der Waals surface area contributed by atoms with Crippen molar-refractivity contribution in [2.75, 3.05) is 0 Å². The Morgan fingerprint density at radius 1 is 0.472 bits per heavy atom. The van der Waals surface area contributed by atoms with Crippen molar-refractivity contribution in [1.82, 2.24) is 4.98 Å². The Balaban J connectivity index is 1.50. The van der Waals surface area contributed by atoms with Gasteiger partial charge >= 0.3 is 221 Å². The number of fused-ring (bicyclic) bond motifs is 1. The van der Waals surface area contributed by atoms with Crippen molar-refractivity contribution in [2.45, 2.75) is 0 Å². The van der Waals surface area contributed by atoms with Gasteiger partial charge in [0.2, 0.25) is 0 Å². The van der Waals surface area contributed by atoms with Crippen molar-refractivity contribution < 1.29 is 0 Å². The molecule has 2 radical (unpaired) electrons. The molecule has 5 aromatic carbocycles. The average molecular weight is 538 g/mol. The van der Waals surface area contributed by atoms with Crippen LogP contribution in [-0.4, -0.2) is 20.4 Å². The number of aromatic nitrogens is 1. The Morgan fingerprint density at radius 3 is 1.81 bits per heavy atom. The zero-order chi connectivity index (χ0) is 24.2. The fourth-order valence-corrected chi connectivity index (χ4v) is 9.91. The number of benzene rings is 5. The van der Waals surface area contributed by atoms with Gasteiger partial charge in [0.05, 0.1) is 0 Å². The summed E-state index contributed by atoms with van der Waals surface area (Å²) < 4.78 is 2.82. The summed E-state index contributed by atoms with van der Waals surface area (Å²) in [5, 5.41) is 5.36. The van der Waals surface area contributed by atoms with E-state index in [-0.39, 0.29) is 0 Å². The van der Waals surface area contributed by atoms with Crippen LogP contribution in [0.5, 0.6) is 0 Å². The zero-order valence-corrected chi connectivity index (χ0v) is 22.7. The molecule has 1 heterocycles. The monoisotopic (exact) mass is 539 g/mol. The van der Waals surface area contributed by atoms with Gasteiger partial charge in [-0.15, -0.1) is 0 Å². The van der Waals surface area contributed by atoms with Gasteiger partial charge in [-0.2, -0.15) is 0 Å². The molecule has 6 aromatic rings. The molecule has 3 heteroatoms. The number of nitrogens with zero attached hydrogens (tertiary/aromatic N) is 1. The van der Waals surface area contributed by atoms with Gasteiger partial charge in [0, 0.05) is 0 Å². The summed E-state index contributed by atoms with van der Waals surface area (Å²) in [6.07, 6.45) is 1.91. The molecule has 170 valence electrons. The number of rotatable bonds is 6. The summed E-state index contributed by atoms with van der Waals surface area (Å²) >= 11 is -0.591. The Kier molecular flexibility index (Phi) is 6.76. The molecular weight excluding hydrogens is 514 g/mol. The van der Waals surface area contributed by atoms with E-state index in [1.54, 1.807) is 0 Å². The van der Waals surface area contributed by atoms with E-state index in [0.29, 0.717) is 0 Å². The quantitative estimate of drug-likeness (QED) is 0.207. The predicted molar refractivity (Wildman–Crippen MR) is 157 cm³/mol. The number of hydrogen-bond donors (Lipinski definition) is 0. The van der Waals surface area contributed by atoms with E-state index in [9.17, 15) is 0 Å². The van der Waals surface area contributed by atoms with Gasteiger partial charge in [-0.25, -0.2) is 0 Å². The van der Waals surface area contributed by atoms with E-state index in [0.717, 1.165) is 5.52 Å². The molecule has 0 fully saturated rings. The molecule has 0 N–H and O–H groups in total. The molecule has 36 heavy (non-hydrogen) atoms. The molecule has 0 aliphatic rings. The second kappa shape index (κ2) is 10.6. The molecule has 0 unspecified atom stereocenters.